The SMILES string of the molecule is C=C/C=C(\C=C)NC(=O)N(Cc1ccc(Cl)cc1)C(CC)CC. The van der Waals surface area contributed by atoms with Crippen molar-refractivity contribution >= 4 is 17.6 Å². The molecule has 0 bridgehead atoms. The number of benzene rings is 1. The molecule has 0 spiro atoms. The molecule has 0 aliphatic rings. The van der Waals surface area contributed by atoms with Gasteiger partial charge in [-0.1, -0.05) is 56.8 Å². The standard InChI is InChI=1S/C19H25ClN2O/c1-5-9-17(6-2)21-19(23)22(18(7-3)8-4)14-15-10-12-16(20)13-11-15/h5-6,9-13,18H,1-2,7-8,14H2,3-4H3,(H,21,23)/b17-9+. The summed E-state index contributed by atoms with van der Waals surface area (Å²) in [5.41, 5.74) is 1.68. The summed E-state index contributed by atoms with van der Waals surface area (Å²) in [6, 6.07) is 7.60. The molecule has 4 heteroatoms. The van der Waals surface area contributed by atoms with E-state index in [1.807, 2.05) is 29.2 Å². The second-order valence-electron chi connectivity index (χ2n) is 5.22. The van der Waals surface area contributed by atoms with Gasteiger partial charge in [-0.25, -0.2) is 4.79 Å². The molecule has 0 saturated heterocycles. The first kappa shape index (κ1) is 19.0. The third-order valence-electron chi connectivity index (χ3n) is 3.68. The summed E-state index contributed by atoms with van der Waals surface area (Å²) in [7, 11) is 0. The first-order valence-electron chi connectivity index (χ1n) is 7.82. The van der Waals surface area contributed by atoms with Crippen molar-refractivity contribution < 1.29 is 4.79 Å². The lowest BCUT2D eigenvalue weighted by molar-refractivity contribution is 0.168. The van der Waals surface area contributed by atoms with Crippen LogP contribution < -0.4 is 5.32 Å². The van der Waals surface area contributed by atoms with Crippen molar-refractivity contribution in [2.24, 2.45) is 0 Å². The van der Waals surface area contributed by atoms with Crippen LogP contribution in [-0.4, -0.2) is 17.0 Å². The average molecular weight is 333 g/mol. The van der Waals surface area contributed by atoms with Crippen LogP contribution in [0.4, 0.5) is 4.79 Å². The Bertz CT molecular complexity index is 559. The molecular formula is C19H25ClN2O. The highest BCUT2D eigenvalue weighted by atomic mass is 35.5. The highest BCUT2D eigenvalue weighted by Gasteiger charge is 2.21. The van der Waals surface area contributed by atoms with Crippen molar-refractivity contribution in [1.29, 1.82) is 0 Å². The molecule has 3 nitrogen and oxygen atoms in total. The maximum Gasteiger partial charge on any atom is 0.322 e. The lowest BCUT2D eigenvalue weighted by Gasteiger charge is -2.31. The minimum Gasteiger partial charge on any atom is -0.317 e. The third-order valence-corrected chi connectivity index (χ3v) is 3.93. The molecule has 0 saturated carbocycles. The van der Waals surface area contributed by atoms with E-state index in [1.165, 1.54) is 0 Å². The molecule has 0 heterocycles. The molecule has 0 radical (unpaired) electrons. The molecule has 23 heavy (non-hydrogen) atoms. The second kappa shape index (κ2) is 9.90. The fraction of sp³-hybridized carbons (Fsp3) is 0.316. The van der Waals surface area contributed by atoms with E-state index in [0.29, 0.717) is 17.3 Å². The molecular weight excluding hydrogens is 308 g/mol. The van der Waals surface area contributed by atoms with Crippen LogP contribution in [0.2, 0.25) is 5.02 Å². The van der Waals surface area contributed by atoms with Crippen LogP contribution in [0.5, 0.6) is 0 Å². The number of rotatable bonds is 8. The van der Waals surface area contributed by atoms with E-state index in [-0.39, 0.29) is 12.1 Å². The number of allylic oxidation sites excluding steroid dienone is 3. The maximum absolute atomic E-state index is 12.7. The molecule has 1 aromatic rings. The molecule has 0 unspecified atom stereocenters. The molecule has 0 aliphatic carbocycles. The molecule has 0 fully saturated rings. The minimum atomic E-state index is -0.137. The number of urea groups is 1. The lowest BCUT2D eigenvalue weighted by Crippen LogP contribution is -2.44. The summed E-state index contributed by atoms with van der Waals surface area (Å²) in [6.45, 7) is 12.1. The van der Waals surface area contributed by atoms with Crippen molar-refractivity contribution in [3.8, 4) is 0 Å². The van der Waals surface area contributed by atoms with Crippen LogP contribution in [0, 0.1) is 0 Å². The number of nitrogens with zero attached hydrogens (tertiary/aromatic N) is 1. The second-order valence-corrected chi connectivity index (χ2v) is 5.65. The molecule has 0 atom stereocenters. The van der Waals surface area contributed by atoms with Gasteiger partial charge >= 0.3 is 6.03 Å². The number of carbonyl (C=O) groups is 1. The first-order chi connectivity index (χ1) is 11.0. The van der Waals surface area contributed by atoms with Gasteiger partial charge in [0.05, 0.1) is 0 Å². The minimum absolute atomic E-state index is 0.137. The van der Waals surface area contributed by atoms with Gasteiger partial charge in [0.2, 0.25) is 0 Å². The number of nitrogens with one attached hydrogen (secondary N) is 1. The van der Waals surface area contributed by atoms with Gasteiger partial charge in [0, 0.05) is 23.3 Å². The van der Waals surface area contributed by atoms with E-state index in [4.69, 9.17) is 11.6 Å². The zero-order valence-corrected chi connectivity index (χ0v) is 14.6. The Morgan fingerprint density at radius 3 is 2.35 bits per heavy atom. The summed E-state index contributed by atoms with van der Waals surface area (Å²) in [4.78, 5) is 14.5. The summed E-state index contributed by atoms with van der Waals surface area (Å²) in [5, 5.41) is 3.57. The molecule has 2 amide bonds. The predicted molar refractivity (Wildman–Crippen MR) is 98.4 cm³/mol. The monoisotopic (exact) mass is 332 g/mol. The molecule has 1 aromatic carbocycles. The number of carbonyl (C=O) groups excluding carboxylic acids is 1. The van der Waals surface area contributed by atoms with E-state index in [2.05, 4.69) is 32.3 Å². The number of halogens is 1. The Balaban J connectivity index is 2.97. The zero-order chi connectivity index (χ0) is 17.2. The van der Waals surface area contributed by atoms with E-state index >= 15 is 0 Å². The number of hydrogen-bond donors (Lipinski definition) is 1. The zero-order valence-electron chi connectivity index (χ0n) is 13.9. The van der Waals surface area contributed by atoms with Crippen molar-refractivity contribution in [2.75, 3.05) is 0 Å². The van der Waals surface area contributed by atoms with E-state index < -0.39 is 0 Å². The van der Waals surface area contributed by atoms with Gasteiger partial charge in [-0.3, -0.25) is 0 Å². The van der Waals surface area contributed by atoms with Gasteiger partial charge in [-0.05, 0) is 42.7 Å². The van der Waals surface area contributed by atoms with Crippen LogP contribution in [-0.2, 0) is 6.54 Å². The number of hydrogen-bond acceptors (Lipinski definition) is 1. The average Bonchev–Trinajstić information content (AvgIpc) is 2.56. The molecule has 1 N–H and O–H groups in total. The van der Waals surface area contributed by atoms with Crippen LogP contribution in [0.1, 0.15) is 32.3 Å². The lowest BCUT2D eigenvalue weighted by atomic mass is 10.1. The predicted octanol–water partition coefficient (Wildman–Crippen LogP) is 5.30. The Hall–Kier alpha value is -2.00. The fourth-order valence-electron chi connectivity index (χ4n) is 2.37. The van der Waals surface area contributed by atoms with Crippen LogP contribution >= 0.6 is 11.6 Å². The smallest absolute Gasteiger partial charge is 0.317 e. The van der Waals surface area contributed by atoms with Crippen LogP contribution in [0.3, 0.4) is 0 Å². The molecule has 0 aliphatic heterocycles. The van der Waals surface area contributed by atoms with Crippen molar-refractivity contribution in [2.45, 2.75) is 39.3 Å². The van der Waals surface area contributed by atoms with Gasteiger partial charge in [-0.15, -0.1) is 0 Å². The van der Waals surface area contributed by atoms with Gasteiger partial charge in [-0.2, -0.15) is 0 Å². The summed E-state index contributed by atoms with van der Waals surface area (Å²) in [5.74, 6) is 0. The highest BCUT2D eigenvalue weighted by Crippen LogP contribution is 2.16. The van der Waals surface area contributed by atoms with Gasteiger partial charge in [0.1, 0.15) is 0 Å². The molecule has 0 aromatic heterocycles. The van der Waals surface area contributed by atoms with Gasteiger partial charge < -0.3 is 10.2 Å². The Morgan fingerprint density at radius 2 is 1.87 bits per heavy atom. The van der Waals surface area contributed by atoms with E-state index in [1.54, 1.807) is 18.2 Å². The molecule has 1 rings (SSSR count). The van der Waals surface area contributed by atoms with Gasteiger partial charge in [0.25, 0.3) is 0 Å². The molecule has 124 valence electrons. The fourth-order valence-corrected chi connectivity index (χ4v) is 2.49. The van der Waals surface area contributed by atoms with E-state index in [9.17, 15) is 4.79 Å². The quantitative estimate of drug-likeness (QED) is 0.644. The highest BCUT2D eigenvalue weighted by molar-refractivity contribution is 6.30. The van der Waals surface area contributed by atoms with E-state index in [0.717, 1.165) is 18.4 Å². The van der Waals surface area contributed by atoms with Crippen LogP contribution in [0.15, 0.2) is 61.3 Å². The third kappa shape index (κ3) is 5.95. The summed E-state index contributed by atoms with van der Waals surface area (Å²) < 4.78 is 0. The van der Waals surface area contributed by atoms with Gasteiger partial charge in [0.15, 0.2) is 0 Å². The number of amides is 2. The van der Waals surface area contributed by atoms with Crippen LogP contribution in [0.25, 0.3) is 0 Å². The first-order valence-corrected chi connectivity index (χ1v) is 8.20. The normalized spacial score (nSPS) is 11.2. The summed E-state index contributed by atoms with van der Waals surface area (Å²) >= 11 is 5.93. The largest absolute Gasteiger partial charge is 0.322 e. The topological polar surface area (TPSA) is 32.3 Å². The summed E-state index contributed by atoms with van der Waals surface area (Å²) in [6.07, 6.45) is 6.74. The Kier molecular flexibility index (Phi) is 8.20. The maximum atomic E-state index is 12.7. The van der Waals surface area contributed by atoms with Crippen molar-refractivity contribution in [3.05, 3.63) is 71.9 Å². The van der Waals surface area contributed by atoms with Crippen molar-refractivity contribution in [1.82, 2.24) is 10.2 Å². The Labute approximate surface area is 144 Å². The Morgan fingerprint density at radius 1 is 1.26 bits per heavy atom. The van der Waals surface area contributed by atoms with Crippen molar-refractivity contribution in [3.63, 3.8) is 0 Å².